The Morgan fingerprint density at radius 1 is 1.21 bits per heavy atom. The Labute approximate surface area is 144 Å². The minimum absolute atomic E-state index is 0.0529. The SMILES string of the molecule is CC1CN(S(=O)(=O)CCNCc2ccc(C3CC3C)o2)CC(C)O1. The fraction of sp³-hybridized carbons (Fsp3) is 0.765. The first-order chi connectivity index (χ1) is 11.3. The number of nitrogens with zero attached hydrogens (tertiary/aromatic N) is 1. The van der Waals surface area contributed by atoms with Crippen molar-refractivity contribution in [1.29, 1.82) is 0 Å². The van der Waals surface area contributed by atoms with Gasteiger partial charge in [-0.1, -0.05) is 6.92 Å². The molecule has 1 saturated carbocycles. The van der Waals surface area contributed by atoms with E-state index in [9.17, 15) is 8.42 Å². The standard InChI is InChI=1S/C17H28N2O4S/c1-12-8-16(12)17-5-4-15(23-17)9-18-6-7-24(20,21)19-10-13(2)22-14(3)11-19/h4-5,12-14,16,18H,6-11H2,1-3H3. The molecule has 6 nitrogen and oxygen atoms in total. The highest BCUT2D eigenvalue weighted by atomic mass is 32.2. The van der Waals surface area contributed by atoms with Gasteiger partial charge in [0.05, 0.1) is 24.5 Å². The lowest BCUT2D eigenvalue weighted by molar-refractivity contribution is -0.0440. The highest BCUT2D eigenvalue weighted by Gasteiger charge is 2.36. The molecule has 1 aliphatic heterocycles. The summed E-state index contributed by atoms with van der Waals surface area (Å²) in [7, 11) is -3.25. The quantitative estimate of drug-likeness (QED) is 0.756. The van der Waals surface area contributed by atoms with E-state index in [2.05, 4.69) is 12.2 Å². The van der Waals surface area contributed by atoms with Crippen molar-refractivity contribution in [2.24, 2.45) is 5.92 Å². The molecule has 0 bridgehead atoms. The number of sulfonamides is 1. The molecule has 7 heteroatoms. The normalized spacial score (nSPS) is 31.3. The molecule has 2 aliphatic rings. The fourth-order valence-corrected chi connectivity index (χ4v) is 4.84. The average molecular weight is 356 g/mol. The number of furan rings is 1. The van der Waals surface area contributed by atoms with Gasteiger partial charge in [0.2, 0.25) is 10.0 Å². The van der Waals surface area contributed by atoms with Crippen LogP contribution in [0.1, 0.15) is 44.6 Å². The smallest absolute Gasteiger partial charge is 0.215 e. The highest BCUT2D eigenvalue weighted by molar-refractivity contribution is 7.89. The molecule has 3 rings (SSSR count). The van der Waals surface area contributed by atoms with Gasteiger partial charge in [0.25, 0.3) is 0 Å². The van der Waals surface area contributed by atoms with E-state index in [1.54, 1.807) is 4.31 Å². The van der Waals surface area contributed by atoms with Gasteiger partial charge in [-0.15, -0.1) is 0 Å². The summed E-state index contributed by atoms with van der Waals surface area (Å²) < 4.78 is 37.8. The van der Waals surface area contributed by atoms with E-state index in [1.165, 1.54) is 6.42 Å². The fourth-order valence-electron chi connectivity index (χ4n) is 3.31. The van der Waals surface area contributed by atoms with Crippen molar-refractivity contribution in [1.82, 2.24) is 9.62 Å². The third-order valence-corrected chi connectivity index (χ3v) is 6.58. The number of rotatable bonds is 7. The maximum atomic E-state index is 12.4. The summed E-state index contributed by atoms with van der Waals surface area (Å²) in [6.45, 7) is 7.90. The third-order valence-electron chi connectivity index (χ3n) is 4.77. The summed E-state index contributed by atoms with van der Waals surface area (Å²) in [4.78, 5) is 0. The van der Waals surface area contributed by atoms with Crippen molar-refractivity contribution in [3.63, 3.8) is 0 Å². The molecule has 2 heterocycles. The van der Waals surface area contributed by atoms with E-state index >= 15 is 0 Å². The molecule has 4 unspecified atom stereocenters. The number of hydrogen-bond donors (Lipinski definition) is 1. The van der Waals surface area contributed by atoms with E-state index in [0.29, 0.717) is 32.1 Å². The molecular formula is C17H28N2O4S. The van der Waals surface area contributed by atoms with Crippen LogP contribution in [0.4, 0.5) is 0 Å². The van der Waals surface area contributed by atoms with Gasteiger partial charge in [-0.05, 0) is 38.3 Å². The first-order valence-corrected chi connectivity index (χ1v) is 10.4. The Hall–Kier alpha value is -0.890. The second-order valence-corrected chi connectivity index (χ2v) is 9.28. The second-order valence-electron chi connectivity index (χ2n) is 7.19. The van der Waals surface area contributed by atoms with Crippen molar-refractivity contribution >= 4 is 10.0 Å². The van der Waals surface area contributed by atoms with Gasteiger partial charge < -0.3 is 14.5 Å². The number of morpholine rings is 1. The summed E-state index contributed by atoms with van der Waals surface area (Å²) >= 11 is 0. The van der Waals surface area contributed by atoms with Gasteiger partial charge in [-0.25, -0.2) is 8.42 Å². The molecule has 4 atom stereocenters. The van der Waals surface area contributed by atoms with Crippen molar-refractivity contribution in [3.8, 4) is 0 Å². The van der Waals surface area contributed by atoms with Gasteiger partial charge in [-0.3, -0.25) is 0 Å². The molecule has 0 spiro atoms. The van der Waals surface area contributed by atoms with E-state index in [1.807, 2.05) is 26.0 Å². The minimum Gasteiger partial charge on any atom is -0.464 e. The lowest BCUT2D eigenvalue weighted by atomic mass is 10.3. The Morgan fingerprint density at radius 3 is 2.50 bits per heavy atom. The zero-order valence-electron chi connectivity index (χ0n) is 14.7. The average Bonchev–Trinajstić information content (AvgIpc) is 3.05. The number of ether oxygens (including phenoxy) is 1. The van der Waals surface area contributed by atoms with Crippen LogP contribution in [0.5, 0.6) is 0 Å². The Kier molecular flexibility index (Phi) is 5.34. The zero-order valence-corrected chi connectivity index (χ0v) is 15.5. The summed E-state index contributed by atoms with van der Waals surface area (Å²) in [6, 6.07) is 4.02. The van der Waals surface area contributed by atoms with E-state index in [-0.39, 0.29) is 18.0 Å². The van der Waals surface area contributed by atoms with Crippen molar-refractivity contribution in [2.45, 2.75) is 51.9 Å². The van der Waals surface area contributed by atoms with E-state index in [0.717, 1.165) is 17.4 Å². The topological polar surface area (TPSA) is 71.8 Å². The monoisotopic (exact) mass is 356 g/mol. The summed E-state index contributed by atoms with van der Waals surface area (Å²) in [6.07, 6.45) is 1.10. The minimum atomic E-state index is -3.25. The summed E-state index contributed by atoms with van der Waals surface area (Å²) in [5, 5.41) is 3.17. The van der Waals surface area contributed by atoms with Crippen LogP contribution in [0, 0.1) is 5.92 Å². The molecule has 1 aromatic rings. The van der Waals surface area contributed by atoms with Gasteiger partial charge in [0, 0.05) is 25.6 Å². The van der Waals surface area contributed by atoms with Crippen LogP contribution < -0.4 is 5.32 Å². The molecule has 2 fully saturated rings. The molecule has 1 N–H and O–H groups in total. The number of hydrogen-bond acceptors (Lipinski definition) is 5. The molecule has 0 amide bonds. The van der Waals surface area contributed by atoms with Gasteiger partial charge in [0.1, 0.15) is 11.5 Å². The van der Waals surface area contributed by atoms with Crippen molar-refractivity contribution in [3.05, 3.63) is 23.7 Å². The van der Waals surface area contributed by atoms with Crippen LogP contribution in [0.3, 0.4) is 0 Å². The third kappa shape index (κ3) is 4.39. The van der Waals surface area contributed by atoms with Crippen molar-refractivity contribution in [2.75, 3.05) is 25.4 Å². The summed E-state index contributed by atoms with van der Waals surface area (Å²) in [5.41, 5.74) is 0. The van der Waals surface area contributed by atoms with Crippen LogP contribution in [0.25, 0.3) is 0 Å². The maximum Gasteiger partial charge on any atom is 0.215 e. The van der Waals surface area contributed by atoms with Gasteiger partial charge in [-0.2, -0.15) is 4.31 Å². The second kappa shape index (κ2) is 7.15. The molecule has 24 heavy (non-hydrogen) atoms. The predicted molar refractivity (Wildman–Crippen MR) is 92.3 cm³/mol. The first-order valence-electron chi connectivity index (χ1n) is 8.78. The zero-order chi connectivity index (χ0) is 17.3. The highest BCUT2D eigenvalue weighted by Crippen LogP contribution is 2.47. The molecule has 136 valence electrons. The first kappa shape index (κ1) is 17.9. The van der Waals surface area contributed by atoms with Gasteiger partial charge in [0.15, 0.2) is 0 Å². The molecule has 0 aromatic carbocycles. The van der Waals surface area contributed by atoms with Crippen molar-refractivity contribution < 1.29 is 17.6 Å². The molecular weight excluding hydrogens is 328 g/mol. The molecule has 1 aliphatic carbocycles. The van der Waals surface area contributed by atoms with E-state index < -0.39 is 10.0 Å². The lowest BCUT2D eigenvalue weighted by Gasteiger charge is -2.34. The lowest BCUT2D eigenvalue weighted by Crippen LogP contribution is -2.49. The van der Waals surface area contributed by atoms with E-state index in [4.69, 9.17) is 9.15 Å². The largest absolute Gasteiger partial charge is 0.464 e. The molecule has 1 saturated heterocycles. The van der Waals surface area contributed by atoms with Crippen LogP contribution in [-0.2, 0) is 21.3 Å². The Morgan fingerprint density at radius 2 is 1.88 bits per heavy atom. The molecule has 0 radical (unpaired) electrons. The summed E-state index contributed by atoms with van der Waals surface area (Å²) in [5.74, 6) is 3.32. The molecule has 1 aromatic heterocycles. The van der Waals surface area contributed by atoms with Gasteiger partial charge >= 0.3 is 0 Å². The van der Waals surface area contributed by atoms with Crippen LogP contribution in [0.15, 0.2) is 16.5 Å². The maximum absolute atomic E-state index is 12.4. The Balaban J connectivity index is 1.43. The number of nitrogens with one attached hydrogen (secondary N) is 1. The van der Waals surface area contributed by atoms with Crippen LogP contribution in [-0.4, -0.2) is 50.3 Å². The predicted octanol–water partition coefficient (Wildman–Crippen LogP) is 1.93. The van der Waals surface area contributed by atoms with Crippen LogP contribution >= 0.6 is 0 Å². The Bertz CT molecular complexity index is 647. The van der Waals surface area contributed by atoms with Crippen LogP contribution in [0.2, 0.25) is 0 Å².